The van der Waals surface area contributed by atoms with Gasteiger partial charge in [-0.25, -0.2) is 0 Å². The van der Waals surface area contributed by atoms with E-state index in [1.54, 1.807) is 6.20 Å². The molecule has 0 aliphatic heterocycles. The molecular formula is C14H16Br2IN3O. The van der Waals surface area contributed by atoms with Gasteiger partial charge in [0.25, 0.3) is 0 Å². The van der Waals surface area contributed by atoms with E-state index in [9.17, 15) is 5.11 Å². The molecule has 0 fully saturated rings. The van der Waals surface area contributed by atoms with Crippen LogP contribution in [0.3, 0.4) is 0 Å². The predicted octanol–water partition coefficient (Wildman–Crippen LogP) is 3.66. The Morgan fingerprint density at radius 2 is 2.10 bits per heavy atom. The summed E-state index contributed by atoms with van der Waals surface area (Å²) in [5, 5.41) is 15.1. The molecule has 0 radical (unpaired) electrons. The Balaban J connectivity index is 2.36. The Morgan fingerprint density at radius 1 is 1.38 bits per heavy atom. The maximum absolute atomic E-state index is 10.8. The number of hydrogen-bond donors (Lipinski definition) is 1. The van der Waals surface area contributed by atoms with Gasteiger partial charge in [0.15, 0.2) is 0 Å². The molecule has 4 nitrogen and oxygen atoms in total. The van der Waals surface area contributed by atoms with Crippen molar-refractivity contribution >= 4 is 54.5 Å². The fraction of sp³-hybridized carbons (Fsp3) is 0.357. The Morgan fingerprint density at radius 3 is 2.76 bits per heavy atom. The van der Waals surface area contributed by atoms with E-state index in [4.69, 9.17) is 0 Å². The van der Waals surface area contributed by atoms with E-state index in [2.05, 4.69) is 64.4 Å². The van der Waals surface area contributed by atoms with Gasteiger partial charge in [-0.3, -0.25) is 4.68 Å². The standard InChI is InChI=1S/C14H16Br2IN3O/c1-19(2)5-6-20-13(11(16)8-18-20)14(21)10-7-9(15)3-4-12(10)17/h3-4,7-8,14,21H,5-6H2,1-2H3. The molecule has 1 aromatic carbocycles. The topological polar surface area (TPSA) is 41.3 Å². The van der Waals surface area contributed by atoms with Crippen molar-refractivity contribution in [1.29, 1.82) is 0 Å². The van der Waals surface area contributed by atoms with E-state index in [1.165, 1.54) is 0 Å². The van der Waals surface area contributed by atoms with Crippen molar-refractivity contribution in [3.05, 3.63) is 48.2 Å². The maximum Gasteiger partial charge on any atom is 0.123 e. The van der Waals surface area contributed by atoms with Crippen molar-refractivity contribution in [1.82, 2.24) is 14.7 Å². The first-order chi connectivity index (χ1) is 9.90. The van der Waals surface area contributed by atoms with Crippen LogP contribution in [0, 0.1) is 3.57 Å². The summed E-state index contributed by atoms with van der Waals surface area (Å²) in [5.74, 6) is 0. The van der Waals surface area contributed by atoms with Crippen LogP contribution in [0.4, 0.5) is 0 Å². The molecule has 0 spiro atoms. The summed E-state index contributed by atoms with van der Waals surface area (Å²) in [4.78, 5) is 2.09. The van der Waals surface area contributed by atoms with Crippen molar-refractivity contribution in [3.63, 3.8) is 0 Å². The minimum atomic E-state index is -0.714. The van der Waals surface area contributed by atoms with Crippen molar-refractivity contribution in [2.45, 2.75) is 12.6 Å². The van der Waals surface area contributed by atoms with Gasteiger partial charge in [-0.1, -0.05) is 15.9 Å². The Hall–Kier alpha value is 0.0400. The third kappa shape index (κ3) is 4.28. The molecule has 1 atom stereocenters. The van der Waals surface area contributed by atoms with E-state index in [0.717, 1.165) is 36.9 Å². The second-order valence-electron chi connectivity index (χ2n) is 4.97. The highest BCUT2D eigenvalue weighted by atomic mass is 127. The average molecular weight is 529 g/mol. The zero-order valence-electron chi connectivity index (χ0n) is 11.7. The van der Waals surface area contributed by atoms with E-state index in [1.807, 2.05) is 37.0 Å². The first-order valence-electron chi connectivity index (χ1n) is 6.39. The van der Waals surface area contributed by atoms with Gasteiger partial charge in [-0.05, 0) is 70.8 Å². The summed E-state index contributed by atoms with van der Waals surface area (Å²) in [6.07, 6.45) is 1.02. The van der Waals surface area contributed by atoms with Gasteiger partial charge >= 0.3 is 0 Å². The summed E-state index contributed by atoms with van der Waals surface area (Å²) < 4.78 is 4.65. The molecule has 7 heteroatoms. The highest BCUT2D eigenvalue weighted by Gasteiger charge is 2.21. The largest absolute Gasteiger partial charge is 0.382 e. The van der Waals surface area contributed by atoms with Crippen LogP contribution < -0.4 is 0 Å². The molecule has 21 heavy (non-hydrogen) atoms. The van der Waals surface area contributed by atoms with Gasteiger partial charge in [0.1, 0.15) is 6.10 Å². The Bertz CT molecular complexity index is 631. The first-order valence-corrected chi connectivity index (χ1v) is 9.05. The lowest BCUT2D eigenvalue weighted by Crippen LogP contribution is -2.21. The highest BCUT2D eigenvalue weighted by molar-refractivity contribution is 14.1. The molecule has 2 rings (SSSR count). The second kappa shape index (κ2) is 7.54. The Labute approximate surface area is 154 Å². The van der Waals surface area contributed by atoms with Crippen LogP contribution in [0.15, 0.2) is 33.3 Å². The van der Waals surface area contributed by atoms with Gasteiger partial charge in [0, 0.05) is 20.2 Å². The number of aliphatic hydroxyl groups is 1. The smallest absolute Gasteiger partial charge is 0.123 e. The van der Waals surface area contributed by atoms with Crippen molar-refractivity contribution in [3.8, 4) is 0 Å². The number of aliphatic hydroxyl groups excluding tert-OH is 1. The normalized spacial score (nSPS) is 12.9. The number of nitrogens with zero attached hydrogens (tertiary/aromatic N) is 3. The Kier molecular flexibility index (Phi) is 6.25. The minimum Gasteiger partial charge on any atom is -0.382 e. The monoisotopic (exact) mass is 527 g/mol. The quantitative estimate of drug-likeness (QED) is 0.602. The molecular weight excluding hydrogens is 513 g/mol. The highest BCUT2D eigenvalue weighted by Crippen LogP contribution is 2.32. The van der Waals surface area contributed by atoms with Gasteiger partial charge in [-0.2, -0.15) is 5.10 Å². The van der Waals surface area contributed by atoms with Crippen molar-refractivity contribution < 1.29 is 5.11 Å². The predicted molar refractivity (Wildman–Crippen MR) is 99.4 cm³/mol. The zero-order valence-corrected chi connectivity index (χ0v) is 17.1. The first kappa shape index (κ1) is 17.4. The number of benzene rings is 1. The van der Waals surface area contributed by atoms with E-state index in [-0.39, 0.29) is 0 Å². The SMILES string of the molecule is CN(C)CCn1ncc(Br)c1C(O)c1cc(Br)ccc1I. The molecule has 1 aromatic heterocycles. The van der Waals surface area contributed by atoms with E-state index in [0.29, 0.717) is 0 Å². The minimum absolute atomic E-state index is 0.714. The van der Waals surface area contributed by atoms with Crippen LogP contribution in [0.5, 0.6) is 0 Å². The molecule has 0 saturated heterocycles. The number of rotatable bonds is 5. The third-order valence-electron chi connectivity index (χ3n) is 3.10. The van der Waals surface area contributed by atoms with Crippen LogP contribution >= 0.6 is 54.5 Å². The van der Waals surface area contributed by atoms with Crippen molar-refractivity contribution in [2.24, 2.45) is 0 Å². The summed E-state index contributed by atoms with van der Waals surface area (Å²) in [7, 11) is 4.04. The molecule has 2 aromatic rings. The molecule has 0 amide bonds. The second-order valence-corrected chi connectivity index (χ2v) is 7.90. The van der Waals surface area contributed by atoms with E-state index >= 15 is 0 Å². The lowest BCUT2D eigenvalue weighted by Gasteiger charge is -2.17. The summed E-state index contributed by atoms with van der Waals surface area (Å²) in [6.45, 7) is 1.60. The maximum atomic E-state index is 10.8. The van der Waals surface area contributed by atoms with Gasteiger partial charge in [0.05, 0.1) is 22.9 Å². The number of aromatic nitrogens is 2. The number of hydrogen-bond acceptors (Lipinski definition) is 3. The summed E-state index contributed by atoms with van der Waals surface area (Å²) in [6, 6.07) is 5.90. The molecule has 114 valence electrons. The van der Waals surface area contributed by atoms with Crippen LogP contribution in [0.1, 0.15) is 17.4 Å². The van der Waals surface area contributed by atoms with Gasteiger partial charge < -0.3 is 10.0 Å². The molecule has 0 aliphatic rings. The molecule has 1 N–H and O–H groups in total. The van der Waals surface area contributed by atoms with E-state index < -0.39 is 6.10 Å². The fourth-order valence-electron chi connectivity index (χ4n) is 1.99. The molecule has 0 saturated carbocycles. The number of likely N-dealkylation sites (N-methyl/N-ethyl adjacent to an activating group) is 1. The lowest BCUT2D eigenvalue weighted by molar-refractivity contribution is 0.204. The summed E-state index contributed by atoms with van der Waals surface area (Å²) >= 11 is 9.19. The van der Waals surface area contributed by atoms with Crippen molar-refractivity contribution in [2.75, 3.05) is 20.6 Å². The number of halogens is 3. The average Bonchev–Trinajstić information content (AvgIpc) is 2.79. The van der Waals surface area contributed by atoms with Crippen LogP contribution in [-0.2, 0) is 6.54 Å². The zero-order chi connectivity index (χ0) is 15.6. The van der Waals surface area contributed by atoms with Crippen LogP contribution in [0.2, 0.25) is 0 Å². The fourth-order valence-corrected chi connectivity index (χ4v) is 3.51. The molecule has 1 unspecified atom stereocenters. The van der Waals surface area contributed by atoms with Gasteiger partial charge in [0.2, 0.25) is 0 Å². The summed E-state index contributed by atoms with van der Waals surface area (Å²) in [5.41, 5.74) is 1.66. The lowest BCUT2D eigenvalue weighted by atomic mass is 10.1. The third-order valence-corrected chi connectivity index (χ3v) is 5.19. The van der Waals surface area contributed by atoms with Crippen LogP contribution in [-0.4, -0.2) is 40.4 Å². The molecule has 1 heterocycles. The van der Waals surface area contributed by atoms with Crippen LogP contribution in [0.25, 0.3) is 0 Å². The van der Waals surface area contributed by atoms with Gasteiger partial charge in [-0.15, -0.1) is 0 Å². The molecule has 0 bridgehead atoms. The molecule has 0 aliphatic carbocycles.